The first-order chi connectivity index (χ1) is 24.7. The van der Waals surface area contributed by atoms with Gasteiger partial charge in [0, 0.05) is 55.5 Å². The number of ether oxygens (including phenoxy) is 3. The molecule has 1 saturated carbocycles. The van der Waals surface area contributed by atoms with Crippen LogP contribution in [0.15, 0.2) is 66.7 Å². The molecule has 15 heteroatoms. The Balaban J connectivity index is 0.000000345. The Bertz CT molecular complexity index is 1540. The van der Waals surface area contributed by atoms with Crippen molar-refractivity contribution in [1.29, 1.82) is 0 Å². The highest BCUT2D eigenvalue weighted by molar-refractivity contribution is 6.31. The maximum absolute atomic E-state index is 13.6. The van der Waals surface area contributed by atoms with Gasteiger partial charge in [-0.15, -0.1) is 10.1 Å². The fourth-order valence-electron chi connectivity index (χ4n) is 5.23. The van der Waals surface area contributed by atoms with Crippen LogP contribution in [0.2, 0.25) is 5.02 Å². The van der Waals surface area contributed by atoms with Crippen LogP contribution in [0.1, 0.15) is 44.1 Å². The van der Waals surface area contributed by atoms with Gasteiger partial charge in [0.2, 0.25) is 6.41 Å². The molecule has 0 atom stereocenters. The van der Waals surface area contributed by atoms with Crippen LogP contribution >= 0.6 is 11.6 Å². The normalized spacial score (nSPS) is 13.8. The highest BCUT2D eigenvalue weighted by atomic mass is 35.5. The number of benzene rings is 3. The molecule has 3 aromatic carbocycles. The Hall–Kier alpha value is -4.85. The van der Waals surface area contributed by atoms with Crippen LogP contribution in [0.3, 0.4) is 0 Å². The van der Waals surface area contributed by atoms with E-state index in [0.717, 1.165) is 66.6 Å². The van der Waals surface area contributed by atoms with Crippen molar-refractivity contribution in [3.63, 3.8) is 0 Å². The minimum absolute atomic E-state index is 0.0685. The minimum Gasteiger partial charge on any atom is -0.490 e. The molecule has 0 unspecified atom stereocenters. The molecule has 12 nitrogen and oxygen atoms in total. The molecule has 3 aromatic rings. The number of carbonyl (C=O) groups excluding carboxylic acids is 2. The number of carbonyl (C=O) groups is 2. The van der Waals surface area contributed by atoms with Gasteiger partial charge in [-0.2, -0.15) is 0 Å². The van der Waals surface area contributed by atoms with E-state index in [9.17, 15) is 28.5 Å². The molecule has 0 spiro atoms. The number of anilines is 1. The lowest BCUT2D eigenvalue weighted by atomic mass is 10.2. The van der Waals surface area contributed by atoms with Gasteiger partial charge in [-0.25, -0.2) is 13.6 Å². The maximum atomic E-state index is 13.6. The van der Waals surface area contributed by atoms with Crippen LogP contribution in [0.25, 0.3) is 0 Å². The lowest BCUT2D eigenvalue weighted by molar-refractivity contribution is -0.757. The first-order valence-corrected chi connectivity index (χ1v) is 17.3. The molecule has 2 fully saturated rings. The van der Waals surface area contributed by atoms with Crippen molar-refractivity contribution < 1.29 is 42.5 Å². The Labute approximate surface area is 300 Å². The summed E-state index contributed by atoms with van der Waals surface area (Å²) in [7, 11) is 0. The van der Waals surface area contributed by atoms with Gasteiger partial charge in [-0.3, -0.25) is 4.79 Å². The van der Waals surface area contributed by atoms with Crippen molar-refractivity contribution in [2.45, 2.75) is 51.1 Å². The average molecular weight is 733 g/mol. The second kappa shape index (κ2) is 20.7. The Morgan fingerprint density at radius 1 is 0.902 bits per heavy atom. The first-order valence-electron chi connectivity index (χ1n) is 16.9. The SMILES string of the molecule is O=C(OCCCCCCO[N+](=O)[O-])N1CCN(c2ccc(OCCOc3cc(F)ccc3F)cc2)CC1.O=CN(Cc1ccccc1Cl)C1CC1. The number of rotatable bonds is 18. The van der Waals surface area contributed by atoms with Crippen molar-refractivity contribution in [3.8, 4) is 11.5 Å². The standard InChI is InChI=1S/C25H31F2N3O7.C11H12ClNO/c26-20-5-10-23(27)24(19-20)35-18-17-34-22-8-6-21(7-9-22)28-11-13-29(14-12-28)25(31)36-15-3-1-2-4-16-37-30(32)33;12-11-4-2-1-3-9(11)7-13(8-14)10-5-6-10/h5-10,19H,1-4,11-18H2;1-4,8,10H,5-7H2. The summed E-state index contributed by atoms with van der Waals surface area (Å²) >= 11 is 6.01. The Kier molecular flexibility index (Phi) is 15.8. The average Bonchev–Trinajstić information content (AvgIpc) is 3.98. The van der Waals surface area contributed by atoms with E-state index in [1.54, 1.807) is 4.90 Å². The third-order valence-electron chi connectivity index (χ3n) is 8.17. The summed E-state index contributed by atoms with van der Waals surface area (Å²) in [5.74, 6) is -0.730. The van der Waals surface area contributed by atoms with Gasteiger partial charge in [0.15, 0.2) is 11.6 Å². The van der Waals surface area contributed by atoms with Crippen molar-refractivity contribution in [1.82, 2.24) is 9.80 Å². The number of hydrogen-bond acceptors (Lipinski definition) is 9. The fourth-order valence-corrected chi connectivity index (χ4v) is 5.42. The van der Waals surface area contributed by atoms with E-state index in [0.29, 0.717) is 64.0 Å². The summed E-state index contributed by atoms with van der Waals surface area (Å²) < 4.78 is 42.9. The molecule has 1 aliphatic carbocycles. The molecule has 2 amide bonds. The first kappa shape index (κ1) is 38.9. The number of amides is 2. The maximum Gasteiger partial charge on any atom is 0.409 e. The van der Waals surface area contributed by atoms with Crippen molar-refractivity contribution in [2.24, 2.45) is 0 Å². The van der Waals surface area contributed by atoms with Crippen LogP contribution < -0.4 is 14.4 Å². The summed E-state index contributed by atoms with van der Waals surface area (Å²) in [6.07, 6.45) is 5.72. The van der Waals surface area contributed by atoms with Gasteiger partial charge in [0.25, 0.3) is 5.09 Å². The minimum atomic E-state index is -0.799. The second-order valence-corrected chi connectivity index (χ2v) is 12.3. The van der Waals surface area contributed by atoms with Crippen molar-refractivity contribution in [2.75, 3.05) is 57.5 Å². The number of halogens is 3. The molecule has 0 bridgehead atoms. The third kappa shape index (κ3) is 13.8. The number of unbranched alkanes of at least 4 members (excludes halogenated alkanes) is 3. The summed E-state index contributed by atoms with van der Waals surface area (Å²) in [6, 6.07) is 18.6. The van der Waals surface area contributed by atoms with E-state index in [1.165, 1.54) is 0 Å². The van der Waals surface area contributed by atoms with Crippen LogP contribution in [0, 0.1) is 21.7 Å². The van der Waals surface area contributed by atoms with E-state index in [2.05, 4.69) is 9.74 Å². The molecular weight excluding hydrogens is 690 g/mol. The zero-order valence-electron chi connectivity index (χ0n) is 28.3. The predicted molar refractivity (Wildman–Crippen MR) is 186 cm³/mol. The van der Waals surface area contributed by atoms with E-state index in [4.69, 9.17) is 25.8 Å². The van der Waals surface area contributed by atoms with Crippen LogP contribution in [0.4, 0.5) is 19.3 Å². The quantitative estimate of drug-likeness (QED) is 0.0594. The molecule has 0 radical (unpaired) electrons. The monoisotopic (exact) mass is 732 g/mol. The van der Waals surface area contributed by atoms with E-state index in [1.807, 2.05) is 53.4 Å². The van der Waals surface area contributed by atoms with Crippen LogP contribution in [0.5, 0.6) is 11.5 Å². The van der Waals surface area contributed by atoms with Gasteiger partial charge in [0.1, 0.15) is 24.8 Å². The Morgan fingerprint density at radius 3 is 2.25 bits per heavy atom. The summed E-state index contributed by atoms with van der Waals surface area (Å²) in [5, 5.41) is 10.0. The highest BCUT2D eigenvalue weighted by Crippen LogP contribution is 2.28. The van der Waals surface area contributed by atoms with Gasteiger partial charge in [-0.1, -0.05) is 36.2 Å². The largest absolute Gasteiger partial charge is 0.490 e. The van der Waals surface area contributed by atoms with Gasteiger partial charge in [-0.05, 0) is 80.1 Å². The topological polar surface area (TPSA) is 124 Å². The van der Waals surface area contributed by atoms with Crippen molar-refractivity contribution >= 4 is 29.8 Å². The molecule has 1 heterocycles. The van der Waals surface area contributed by atoms with E-state index >= 15 is 0 Å². The number of nitrogens with zero attached hydrogens (tertiary/aromatic N) is 4. The molecule has 1 aliphatic heterocycles. The molecule has 276 valence electrons. The third-order valence-corrected chi connectivity index (χ3v) is 8.53. The lowest BCUT2D eigenvalue weighted by Gasteiger charge is -2.35. The fraction of sp³-hybridized carbons (Fsp3) is 0.444. The van der Waals surface area contributed by atoms with Gasteiger partial charge in [0.05, 0.1) is 13.2 Å². The van der Waals surface area contributed by atoms with Crippen molar-refractivity contribution in [3.05, 3.63) is 99.1 Å². The highest BCUT2D eigenvalue weighted by Gasteiger charge is 2.28. The van der Waals surface area contributed by atoms with Crippen LogP contribution in [-0.4, -0.2) is 86.0 Å². The summed E-state index contributed by atoms with van der Waals surface area (Å²) in [5.41, 5.74) is 2.02. The van der Waals surface area contributed by atoms with Crippen LogP contribution in [-0.2, 0) is 20.9 Å². The molecule has 2 aliphatic rings. The summed E-state index contributed by atoms with van der Waals surface area (Å²) in [4.78, 5) is 43.0. The zero-order chi connectivity index (χ0) is 36.4. The predicted octanol–water partition coefficient (Wildman–Crippen LogP) is 6.91. The van der Waals surface area contributed by atoms with Gasteiger partial charge >= 0.3 is 6.09 Å². The molecule has 0 N–H and O–H groups in total. The Morgan fingerprint density at radius 2 is 1.59 bits per heavy atom. The number of hydrogen-bond donors (Lipinski definition) is 0. The summed E-state index contributed by atoms with van der Waals surface area (Å²) in [6.45, 7) is 3.70. The zero-order valence-corrected chi connectivity index (χ0v) is 29.1. The molecule has 5 rings (SSSR count). The second-order valence-electron chi connectivity index (χ2n) is 11.9. The lowest BCUT2D eigenvalue weighted by Crippen LogP contribution is -2.49. The molecule has 51 heavy (non-hydrogen) atoms. The van der Waals surface area contributed by atoms with E-state index in [-0.39, 0.29) is 31.7 Å². The van der Waals surface area contributed by atoms with E-state index < -0.39 is 16.7 Å². The molecule has 1 saturated heterocycles. The molecule has 0 aromatic heterocycles. The smallest absolute Gasteiger partial charge is 0.409 e. The molecular formula is C36H43ClF2N4O8. The number of piperazine rings is 1. The van der Waals surface area contributed by atoms with Gasteiger partial charge < -0.3 is 33.7 Å².